The maximum Gasteiger partial charge on any atom is 0.0207 e. The number of nitrogens with one attached hydrogen (secondary N) is 1. The van der Waals surface area contributed by atoms with E-state index in [2.05, 4.69) is 50.4 Å². The van der Waals surface area contributed by atoms with Crippen LogP contribution in [0.3, 0.4) is 0 Å². The summed E-state index contributed by atoms with van der Waals surface area (Å²) in [4.78, 5) is 0. The highest BCUT2D eigenvalue weighted by atomic mass is 32.2. The second kappa shape index (κ2) is 7.04. The lowest BCUT2D eigenvalue weighted by atomic mass is 9.94. The van der Waals surface area contributed by atoms with E-state index >= 15 is 0 Å². The van der Waals surface area contributed by atoms with Crippen LogP contribution in [0.2, 0.25) is 0 Å². The van der Waals surface area contributed by atoms with Crippen LogP contribution in [0.5, 0.6) is 0 Å². The molecule has 2 N–H and O–H groups in total. The molecule has 0 aliphatic rings. The van der Waals surface area contributed by atoms with Crippen LogP contribution in [0.1, 0.15) is 31.4 Å². The molecule has 0 aliphatic heterocycles. The average molecular weight is 253 g/mol. The van der Waals surface area contributed by atoms with Gasteiger partial charge in [-0.25, -0.2) is 0 Å². The number of aryl methyl sites for hydroxylation is 1. The molecular weight excluding hydrogens is 230 g/mol. The lowest BCUT2D eigenvalue weighted by Crippen LogP contribution is -2.41. The van der Waals surface area contributed by atoms with E-state index in [1.165, 1.54) is 11.1 Å². The summed E-state index contributed by atoms with van der Waals surface area (Å²) in [6.07, 6.45) is 2.03. The second-order valence-electron chi connectivity index (χ2n) is 5.16. The highest BCUT2D eigenvalue weighted by Gasteiger charge is 2.16. The topological polar surface area (TPSA) is 32.3 Å². The first kappa shape index (κ1) is 14.6. The fourth-order valence-electron chi connectivity index (χ4n) is 1.84. The van der Waals surface area contributed by atoms with Gasteiger partial charge < -0.3 is 9.87 Å². The van der Waals surface area contributed by atoms with Gasteiger partial charge in [-0.1, -0.05) is 29.8 Å². The van der Waals surface area contributed by atoms with Crippen molar-refractivity contribution in [2.24, 2.45) is 0 Å². The minimum Gasteiger partial charge on any atom is -0.330 e. The molecule has 0 fully saturated rings. The Hall–Kier alpha value is -0.510. The molecule has 0 bridgehead atoms. The normalized spacial score (nSPS) is 11.8. The van der Waals surface area contributed by atoms with E-state index in [0.29, 0.717) is 0 Å². The van der Waals surface area contributed by atoms with Crippen LogP contribution in [0.15, 0.2) is 24.3 Å². The van der Waals surface area contributed by atoms with Gasteiger partial charge in [-0.3, -0.25) is 0 Å². The van der Waals surface area contributed by atoms with Crippen molar-refractivity contribution in [3.05, 3.63) is 35.4 Å². The van der Waals surface area contributed by atoms with Crippen molar-refractivity contribution in [3.63, 3.8) is 0 Å². The molecule has 1 rings (SSSR count). The molecule has 0 saturated heterocycles. The predicted molar refractivity (Wildman–Crippen MR) is 76.7 cm³/mol. The Labute approximate surface area is 109 Å². The molecule has 1 aromatic rings. The molecule has 0 aliphatic carbocycles. The summed E-state index contributed by atoms with van der Waals surface area (Å²) in [5, 5.41) is 3.53. The van der Waals surface area contributed by atoms with Gasteiger partial charge in [0, 0.05) is 11.3 Å². The summed E-state index contributed by atoms with van der Waals surface area (Å²) in [5.41, 5.74) is 2.78. The van der Waals surface area contributed by atoms with Gasteiger partial charge in [0.2, 0.25) is 0 Å². The third-order valence-electron chi connectivity index (χ3n) is 2.78. The van der Waals surface area contributed by atoms with Crippen LogP contribution >= 0.6 is 12.0 Å². The van der Waals surface area contributed by atoms with Gasteiger partial charge in [0.15, 0.2) is 0 Å². The van der Waals surface area contributed by atoms with Crippen LogP contribution in [0.4, 0.5) is 0 Å². The summed E-state index contributed by atoms with van der Waals surface area (Å²) in [6.45, 7) is 7.50. The van der Waals surface area contributed by atoms with E-state index in [1.54, 1.807) is 0 Å². The molecule has 0 radical (unpaired) electrons. The first-order valence-corrected chi connectivity index (χ1v) is 7.05. The molecule has 0 atom stereocenters. The van der Waals surface area contributed by atoms with Crippen molar-refractivity contribution in [2.75, 3.05) is 12.3 Å². The molecule has 0 unspecified atom stereocenters. The number of benzene rings is 1. The summed E-state index contributed by atoms with van der Waals surface area (Å²) in [7, 11) is 0. The van der Waals surface area contributed by atoms with E-state index in [4.69, 9.17) is 4.55 Å². The highest BCUT2D eigenvalue weighted by Crippen LogP contribution is 2.13. The van der Waals surface area contributed by atoms with Gasteiger partial charge in [-0.15, -0.1) is 0 Å². The van der Waals surface area contributed by atoms with Crippen molar-refractivity contribution in [2.45, 2.75) is 39.2 Å². The van der Waals surface area contributed by atoms with Crippen LogP contribution in [-0.2, 0) is 6.42 Å². The number of hydrogen-bond acceptors (Lipinski definition) is 3. The Morgan fingerprint density at radius 3 is 2.47 bits per heavy atom. The number of rotatable bonds is 7. The first-order valence-electron chi connectivity index (χ1n) is 6.10. The van der Waals surface area contributed by atoms with E-state index in [9.17, 15) is 0 Å². The predicted octanol–water partition coefficient (Wildman–Crippen LogP) is 3.50. The van der Waals surface area contributed by atoms with Crippen molar-refractivity contribution in [1.82, 2.24) is 5.32 Å². The quantitative estimate of drug-likeness (QED) is 0.576. The van der Waals surface area contributed by atoms with Crippen molar-refractivity contribution >= 4 is 12.0 Å². The summed E-state index contributed by atoms with van der Waals surface area (Å²) >= 11 is 0.918. The largest absolute Gasteiger partial charge is 0.330 e. The van der Waals surface area contributed by atoms with Crippen molar-refractivity contribution in [3.8, 4) is 0 Å². The molecule has 1 aromatic carbocycles. The third-order valence-corrected chi connectivity index (χ3v) is 3.25. The van der Waals surface area contributed by atoms with E-state index in [-0.39, 0.29) is 5.54 Å². The number of hydrogen-bond donors (Lipinski definition) is 2. The molecule has 17 heavy (non-hydrogen) atoms. The zero-order valence-electron chi connectivity index (χ0n) is 11.0. The van der Waals surface area contributed by atoms with Gasteiger partial charge in [-0.2, -0.15) is 0 Å². The van der Waals surface area contributed by atoms with E-state index < -0.39 is 0 Å². The average Bonchev–Trinajstić information content (AvgIpc) is 2.27. The molecule has 0 saturated carbocycles. The summed E-state index contributed by atoms with van der Waals surface area (Å²) < 4.78 is 8.65. The first-order chi connectivity index (χ1) is 8.03. The smallest absolute Gasteiger partial charge is 0.0207 e. The lowest BCUT2D eigenvalue weighted by Gasteiger charge is -2.26. The van der Waals surface area contributed by atoms with Gasteiger partial charge >= 0.3 is 0 Å². The van der Waals surface area contributed by atoms with Crippen molar-refractivity contribution < 1.29 is 4.55 Å². The minimum atomic E-state index is 0.107. The monoisotopic (exact) mass is 253 g/mol. The zero-order valence-corrected chi connectivity index (χ0v) is 11.8. The van der Waals surface area contributed by atoms with Crippen LogP contribution in [0, 0.1) is 6.92 Å². The van der Waals surface area contributed by atoms with Crippen LogP contribution in [-0.4, -0.2) is 22.4 Å². The molecular formula is C14H23NOS. The van der Waals surface area contributed by atoms with E-state index in [0.717, 1.165) is 37.2 Å². The molecule has 2 nitrogen and oxygen atoms in total. The zero-order chi connectivity index (χ0) is 12.7. The molecule has 0 amide bonds. The molecule has 0 heterocycles. The Balaban J connectivity index is 2.40. The SMILES string of the molecule is Cc1ccc(CC(C)(C)NCCCSO)cc1. The summed E-state index contributed by atoms with van der Waals surface area (Å²) in [5.74, 6) is 0.799. The Morgan fingerprint density at radius 1 is 1.24 bits per heavy atom. The molecule has 3 heteroatoms. The Kier molecular flexibility index (Phi) is 6.03. The molecule has 96 valence electrons. The van der Waals surface area contributed by atoms with Gasteiger partial charge in [0.25, 0.3) is 0 Å². The van der Waals surface area contributed by atoms with Crippen molar-refractivity contribution in [1.29, 1.82) is 0 Å². The van der Waals surface area contributed by atoms with Crippen LogP contribution < -0.4 is 5.32 Å². The van der Waals surface area contributed by atoms with E-state index in [1.807, 2.05) is 0 Å². The lowest BCUT2D eigenvalue weighted by molar-refractivity contribution is 0.387. The molecule has 0 spiro atoms. The van der Waals surface area contributed by atoms with Crippen LogP contribution in [0.25, 0.3) is 0 Å². The van der Waals surface area contributed by atoms with Gasteiger partial charge in [-0.05, 0) is 57.8 Å². The van der Waals surface area contributed by atoms with Gasteiger partial charge in [0.1, 0.15) is 0 Å². The second-order valence-corrected chi connectivity index (χ2v) is 5.83. The van der Waals surface area contributed by atoms with Gasteiger partial charge in [0.05, 0.1) is 0 Å². The summed E-state index contributed by atoms with van der Waals surface area (Å²) in [6, 6.07) is 8.71. The fourth-order valence-corrected chi connectivity index (χ4v) is 2.12. The highest BCUT2D eigenvalue weighted by molar-refractivity contribution is 7.93. The third kappa shape index (κ3) is 6.10. The molecule has 0 aromatic heterocycles. The maximum absolute atomic E-state index is 8.65. The minimum absolute atomic E-state index is 0.107. The Bertz CT molecular complexity index is 321. The fraction of sp³-hybridized carbons (Fsp3) is 0.571. The standard InChI is InChI=1S/C14H23NOS/c1-12-5-7-13(8-6-12)11-14(2,3)15-9-4-10-17-16/h5-8,15-16H,4,9-11H2,1-3H3. The Morgan fingerprint density at radius 2 is 1.88 bits per heavy atom. The maximum atomic E-state index is 8.65.